The quantitative estimate of drug-likeness (QED) is 0.815. The molecule has 2 saturated heterocycles. The standard InChI is InChI=1S/C13H22N2O4/c1-13(2,3)19-12(18)15-9-4-5-10(15)7-14(6-9)8-11(16)17/h9-10H,4-8H2,1-3H3,(H,16,17). The Labute approximate surface area is 113 Å². The van der Waals surface area contributed by atoms with Gasteiger partial charge in [-0.2, -0.15) is 0 Å². The first kappa shape index (κ1) is 14.1. The van der Waals surface area contributed by atoms with E-state index in [1.165, 1.54) is 0 Å². The molecule has 6 nitrogen and oxygen atoms in total. The summed E-state index contributed by atoms with van der Waals surface area (Å²) in [5, 5.41) is 8.84. The lowest BCUT2D eigenvalue weighted by Crippen LogP contribution is -2.57. The first-order valence-electron chi connectivity index (χ1n) is 6.72. The number of carboxylic acids is 1. The third kappa shape index (κ3) is 3.37. The molecular formula is C13H22N2O4. The highest BCUT2D eigenvalue weighted by Gasteiger charge is 2.44. The highest BCUT2D eigenvalue weighted by atomic mass is 16.6. The molecule has 0 aliphatic carbocycles. The van der Waals surface area contributed by atoms with Crippen molar-refractivity contribution in [1.29, 1.82) is 0 Å². The molecule has 19 heavy (non-hydrogen) atoms. The second kappa shape index (κ2) is 5.00. The number of nitrogens with zero attached hydrogens (tertiary/aromatic N) is 2. The van der Waals surface area contributed by atoms with Crippen molar-refractivity contribution in [2.45, 2.75) is 51.3 Å². The summed E-state index contributed by atoms with van der Waals surface area (Å²) in [5.74, 6) is -0.815. The number of ether oxygens (including phenoxy) is 1. The molecule has 0 radical (unpaired) electrons. The van der Waals surface area contributed by atoms with E-state index in [1.807, 2.05) is 30.6 Å². The summed E-state index contributed by atoms with van der Waals surface area (Å²) in [7, 11) is 0. The predicted molar refractivity (Wildman–Crippen MR) is 69.0 cm³/mol. The van der Waals surface area contributed by atoms with Gasteiger partial charge in [-0.05, 0) is 33.6 Å². The van der Waals surface area contributed by atoms with E-state index in [9.17, 15) is 9.59 Å². The van der Waals surface area contributed by atoms with Crippen LogP contribution in [0.5, 0.6) is 0 Å². The average molecular weight is 270 g/mol. The van der Waals surface area contributed by atoms with Crippen LogP contribution in [0.1, 0.15) is 33.6 Å². The Hall–Kier alpha value is -1.30. The summed E-state index contributed by atoms with van der Waals surface area (Å²) in [6.07, 6.45) is 1.59. The molecule has 1 amide bonds. The Kier molecular flexibility index (Phi) is 3.71. The molecule has 2 unspecified atom stereocenters. The van der Waals surface area contributed by atoms with Crippen LogP contribution >= 0.6 is 0 Å². The molecular weight excluding hydrogens is 248 g/mol. The minimum absolute atomic E-state index is 0.0508. The molecule has 2 fully saturated rings. The highest BCUT2D eigenvalue weighted by Crippen LogP contribution is 2.31. The van der Waals surface area contributed by atoms with Gasteiger partial charge in [0.25, 0.3) is 0 Å². The number of fused-ring (bicyclic) bond motifs is 2. The summed E-state index contributed by atoms with van der Waals surface area (Å²) in [6, 6.07) is 0.181. The van der Waals surface area contributed by atoms with Crippen LogP contribution in [0.15, 0.2) is 0 Å². The first-order valence-corrected chi connectivity index (χ1v) is 6.72. The van der Waals surface area contributed by atoms with Crippen molar-refractivity contribution in [3.8, 4) is 0 Å². The lowest BCUT2D eigenvalue weighted by atomic mass is 10.2. The van der Waals surface area contributed by atoms with Gasteiger partial charge < -0.3 is 9.84 Å². The maximum absolute atomic E-state index is 12.2. The Bertz CT molecular complexity index is 363. The molecule has 2 aliphatic rings. The molecule has 6 heteroatoms. The van der Waals surface area contributed by atoms with E-state index in [0.717, 1.165) is 12.8 Å². The van der Waals surface area contributed by atoms with Gasteiger partial charge in [-0.3, -0.25) is 14.6 Å². The van der Waals surface area contributed by atoms with E-state index in [-0.39, 0.29) is 24.7 Å². The van der Waals surface area contributed by atoms with Crippen molar-refractivity contribution in [3.05, 3.63) is 0 Å². The SMILES string of the molecule is CC(C)(C)OC(=O)N1C2CCC1CN(CC(=O)O)C2. The third-order valence-electron chi connectivity index (χ3n) is 3.52. The molecule has 0 aromatic heterocycles. The molecule has 1 N–H and O–H groups in total. The van der Waals surface area contributed by atoms with Crippen LogP contribution in [0.4, 0.5) is 4.79 Å². The second-order valence-electron chi connectivity index (χ2n) is 6.36. The van der Waals surface area contributed by atoms with Gasteiger partial charge in [0.05, 0.1) is 6.54 Å². The number of amides is 1. The topological polar surface area (TPSA) is 70.1 Å². The van der Waals surface area contributed by atoms with E-state index >= 15 is 0 Å². The number of likely N-dealkylation sites (tertiary alicyclic amines) is 1. The van der Waals surface area contributed by atoms with E-state index in [0.29, 0.717) is 13.1 Å². The van der Waals surface area contributed by atoms with Gasteiger partial charge in [0.2, 0.25) is 0 Å². The maximum atomic E-state index is 12.2. The fraction of sp³-hybridized carbons (Fsp3) is 0.846. The lowest BCUT2D eigenvalue weighted by Gasteiger charge is -2.40. The fourth-order valence-electron chi connectivity index (χ4n) is 2.92. The zero-order valence-corrected chi connectivity index (χ0v) is 11.8. The molecule has 2 aliphatic heterocycles. The number of piperazine rings is 1. The number of hydrogen-bond acceptors (Lipinski definition) is 4. The molecule has 2 bridgehead atoms. The smallest absolute Gasteiger partial charge is 0.410 e. The van der Waals surface area contributed by atoms with Gasteiger partial charge in [0, 0.05) is 25.2 Å². The summed E-state index contributed by atoms with van der Waals surface area (Å²) in [6.45, 7) is 6.87. The average Bonchev–Trinajstić information content (AvgIpc) is 2.47. The second-order valence-corrected chi connectivity index (χ2v) is 6.36. The van der Waals surface area contributed by atoms with Crippen LogP contribution in [0.3, 0.4) is 0 Å². The molecule has 2 heterocycles. The van der Waals surface area contributed by atoms with Crippen LogP contribution in [-0.4, -0.2) is 64.3 Å². The number of aliphatic carboxylic acids is 1. The summed E-state index contributed by atoms with van der Waals surface area (Å²) < 4.78 is 5.43. The van der Waals surface area contributed by atoms with Gasteiger partial charge in [0.1, 0.15) is 5.60 Å². The fourth-order valence-corrected chi connectivity index (χ4v) is 2.92. The first-order chi connectivity index (χ1) is 8.76. The molecule has 2 rings (SSSR count). The van der Waals surface area contributed by atoms with Gasteiger partial charge in [-0.15, -0.1) is 0 Å². The van der Waals surface area contributed by atoms with E-state index in [2.05, 4.69) is 0 Å². The monoisotopic (exact) mass is 270 g/mol. The van der Waals surface area contributed by atoms with Crippen molar-refractivity contribution in [2.75, 3.05) is 19.6 Å². The molecule has 0 saturated carbocycles. The molecule has 108 valence electrons. The molecule has 0 aromatic rings. The van der Waals surface area contributed by atoms with Gasteiger partial charge in [-0.1, -0.05) is 0 Å². The van der Waals surface area contributed by atoms with Crippen molar-refractivity contribution in [1.82, 2.24) is 9.80 Å². The van der Waals surface area contributed by atoms with Crippen LogP contribution in [0, 0.1) is 0 Å². The number of carbonyl (C=O) groups excluding carboxylic acids is 1. The van der Waals surface area contributed by atoms with E-state index in [4.69, 9.17) is 9.84 Å². The van der Waals surface area contributed by atoms with Gasteiger partial charge >= 0.3 is 12.1 Å². The van der Waals surface area contributed by atoms with Crippen molar-refractivity contribution in [2.24, 2.45) is 0 Å². The van der Waals surface area contributed by atoms with Crippen LogP contribution < -0.4 is 0 Å². The number of carboxylic acid groups (broad SMARTS) is 1. The summed E-state index contributed by atoms with van der Waals surface area (Å²) in [5.41, 5.74) is -0.491. The van der Waals surface area contributed by atoms with Crippen LogP contribution in [0.2, 0.25) is 0 Å². The number of carbonyl (C=O) groups is 2. The lowest BCUT2D eigenvalue weighted by molar-refractivity contribution is -0.139. The number of hydrogen-bond donors (Lipinski definition) is 1. The van der Waals surface area contributed by atoms with Crippen molar-refractivity contribution in [3.63, 3.8) is 0 Å². The minimum atomic E-state index is -0.815. The van der Waals surface area contributed by atoms with E-state index in [1.54, 1.807) is 0 Å². The Balaban J connectivity index is 1.99. The Morgan fingerprint density at radius 1 is 1.21 bits per heavy atom. The van der Waals surface area contributed by atoms with Crippen molar-refractivity contribution >= 4 is 12.1 Å². The van der Waals surface area contributed by atoms with Crippen molar-refractivity contribution < 1.29 is 19.4 Å². The molecule has 0 aromatic carbocycles. The zero-order valence-electron chi connectivity index (χ0n) is 11.8. The summed E-state index contributed by atoms with van der Waals surface area (Å²) in [4.78, 5) is 26.6. The van der Waals surface area contributed by atoms with Crippen LogP contribution in [0.25, 0.3) is 0 Å². The molecule has 0 spiro atoms. The highest BCUT2D eigenvalue weighted by molar-refractivity contribution is 5.70. The normalized spacial score (nSPS) is 27.4. The zero-order chi connectivity index (χ0) is 14.2. The summed E-state index contributed by atoms with van der Waals surface area (Å²) >= 11 is 0. The minimum Gasteiger partial charge on any atom is -0.480 e. The largest absolute Gasteiger partial charge is 0.480 e. The maximum Gasteiger partial charge on any atom is 0.410 e. The predicted octanol–water partition coefficient (Wildman–Crippen LogP) is 1.15. The number of rotatable bonds is 2. The third-order valence-corrected chi connectivity index (χ3v) is 3.52. The van der Waals surface area contributed by atoms with Gasteiger partial charge in [-0.25, -0.2) is 4.79 Å². The van der Waals surface area contributed by atoms with E-state index < -0.39 is 11.6 Å². The van der Waals surface area contributed by atoms with Crippen LogP contribution in [-0.2, 0) is 9.53 Å². The van der Waals surface area contributed by atoms with Gasteiger partial charge in [0.15, 0.2) is 0 Å². The molecule has 2 atom stereocenters. The Morgan fingerprint density at radius 3 is 2.16 bits per heavy atom. The Morgan fingerprint density at radius 2 is 1.74 bits per heavy atom.